The van der Waals surface area contributed by atoms with Crippen molar-refractivity contribution in [3.05, 3.63) is 100 Å². The van der Waals surface area contributed by atoms with Gasteiger partial charge in [0.25, 0.3) is 5.56 Å². The first-order valence-corrected chi connectivity index (χ1v) is 8.85. The van der Waals surface area contributed by atoms with E-state index in [9.17, 15) is 18.4 Å². The van der Waals surface area contributed by atoms with Crippen molar-refractivity contribution in [2.45, 2.75) is 6.42 Å². The molecule has 3 aromatic carbocycles. The van der Waals surface area contributed by atoms with E-state index in [1.165, 1.54) is 12.1 Å². The van der Waals surface area contributed by atoms with E-state index in [0.717, 1.165) is 16.4 Å². The highest BCUT2D eigenvalue weighted by Crippen LogP contribution is 2.24. The number of amides is 1. The number of nitrogens with one attached hydrogen (secondary N) is 1. The van der Waals surface area contributed by atoms with Gasteiger partial charge in [-0.3, -0.25) is 9.59 Å². The topological polar surface area (TPSA) is 64.0 Å². The normalized spacial score (nSPS) is 10.8. The number of hydrogen-bond donors (Lipinski definition) is 1. The zero-order valence-electron chi connectivity index (χ0n) is 15.1. The molecule has 0 atom stereocenters. The van der Waals surface area contributed by atoms with Crippen molar-refractivity contribution in [2.24, 2.45) is 0 Å². The van der Waals surface area contributed by atoms with Crippen LogP contribution < -0.4 is 11.0 Å². The minimum absolute atomic E-state index is 0.111. The molecule has 1 heterocycles. The van der Waals surface area contributed by atoms with E-state index in [4.69, 9.17) is 0 Å². The van der Waals surface area contributed by atoms with Crippen LogP contribution in [0.3, 0.4) is 0 Å². The molecule has 1 N–H and O–H groups in total. The summed E-state index contributed by atoms with van der Waals surface area (Å²) in [7, 11) is 0. The summed E-state index contributed by atoms with van der Waals surface area (Å²) < 4.78 is 27.2. The maximum Gasteiger partial charge on any atom is 0.294 e. The molecular weight excluding hydrogens is 376 g/mol. The summed E-state index contributed by atoms with van der Waals surface area (Å²) in [5.74, 6) is -2.83. The summed E-state index contributed by atoms with van der Waals surface area (Å²) in [5.41, 5.74) is 3.02. The van der Waals surface area contributed by atoms with Crippen LogP contribution in [0.1, 0.15) is 5.56 Å². The fourth-order valence-corrected chi connectivity index (χ4v) is 3.09. The summed E-state index contributed by atoms with van der Waals surface area (Å²) in [4.78, 5) is 26.0. The number of aromatic nitrogens is 2. The zero-order chi connectivity index (χ0) is 20.4. The first kappa shape index (κ1) is 18.5. The second-order valence-electron chi connectivity index (χ2n) is 6.40. The molecule has 0 saturated heterocycles. The van der Waals surface area contributed by atoms with E-state index < -0.39 is 29.5 Å². The molecule has 144 valence electrons. The van der Waals surface area contributed by atoms with Gasteiger partial charge in [0.15, 0.2) is 11.6 Å². The van der Waals surface area contributed by atoms with Gasteiger partial charge in [0, 0.05) is 16.5 Å². The largest absolute Gasteiger partial charge is 0.294 e. The van der Waals surface area contributed by atoms with Crippen LogP contribution in [0, 0.1) is 11.6 Å². The van der Waals surface area contributed by atoms with Crippen LogP contribution in [0.5, 0.6) is 0 Å². The summed E-state index contributed by atoms with van der Waals surface area (Å²) >= 11 is 0. The smallest absolute Gasteiger partial charge is 0.273 e. The Morgan fingerprint density at radius 1 is 0.897 bits per heavy atom. The van der Waals surface area contributed by atoms with Crippen molar-refractivity contribution < 1.29 is 13.6 Å². The molecule has 0 aliphatic rings. The number of fused-ring (bicyclic) bond motifs is 1. The molecule has 0 aliphatic carbocycles. The van der Waals surface area contributed by atoms with E-state index in [1.54, 1.807) is 24.3 Å². The lowest BCUT2D eigenvalue weighted by atomic mass is 10.1. The van der Waals surface area contributed by atoms with E-state index >= 15 is 0 Å². The number of hydrogen-bond acceptors (Lipinski definition) is 3. The van der Waals surface area contributed by atoms with Gasteiger partial charge in [-0.25, -0.2) is 14.2 Å². The maximum absolute atomic E-state index is 13.8. The second-order valence-corrected chi connectivity index (χ2v) is 6.40. The molecule has 0 unspecified atom stereocenters. The molecule has 29 heavy (non-hydrogen) atoms. The fraction of sp³-hybridized carbons (Fsp3) is 0.0455. The number of nitrogens with zero attached hydrogens (tertiary/aromatic N) is 2. The van der Waals surface area contributed by atoms with Gasteiger partial charge in [0.2, 0.25) is 5.91 Å². The zero-order valence-corrected chi connectivity index (χ0v) is 15.1. The van der Waals surface area contributed by atoms with Gasteiger partial charge in [-0.15, -0.1) is 9.89 Å². The number of halogens is 2. The molecule has 0 saturated carbocycles. The lowest BCUT2D eigenvalue weighted by Crippen LogP contribution is -2.36. The molecule has 5 nitrogen and oxygen atoms in total. The summed E-state index contributed by atoms with van der Waals surface area (Å²) in [6.07, 6.45) is -0.439. The van der Waals surface area contributed by atoms with Crippen LogP contribution in [-0.2, 0) is 11.2 Å². The van der Waals surface area contributed by atoms with Gasteiger partial charge in [0.1, 0.15) is 5.69 Å². The number of carbonyl (C=O) groups excluding carboxylic acids is 1. The Balaban J connectivity index is 1.74. The SMILES string of the molecule is O=C(Cc1cccc(F)c1F)Nn1nc(-c2ccccc2)c2ccccc2c1=O. The Labute approximate surface area is 164 Å². The third-order valence-corrected chi connectivity index (χ3v) is 4.47. The average molecular weight is 391 g/mol. The molecule has 0 fully saturated rings. The van der Waals surface area contributed by atoms with Crippen LogP contribution in [0.25, 0.3) is 22.0 Å². The van der Waals surface area contributed by atoms with Crippen molar-refractivity contribution in [1.29, 1.82) is 0 Å². The highest BCUT2D eigenvalue weighted by atomic mass is 19.2. The van der Waals surface area contributed by atoms with Crippen molar-refractivity contribution in [1.82, 2.24) is 9.89 Å². The first-order valence-electron chi connectivity index (χ1n) is 8.85. The molecule has 1 amide bonds. The van der Waals surface area contributed by atoms with E-state index in [0.29, 0.717) is 16.5 Å². The third-order valence-electron chi connectivity index (χ3n) is 4.47. The predicted molar refractivity (Wildman–Crippen MR) is 106 cm³/mol. The Hall–Kier alpha value is -3.87. The van der Waals surface area contributed by atoms with Crippen LogP contribution in [0.2, 0.25) is 0 Å². The summed E-state index contributed by atoms with van der Waals surface area (Å²) in [6, 6.07) is 19.7. The molecule has 0 bridgehead atoms. The van der Waals surface area contributed by atoms with Gasteiger partial charge in [-0.05, 0) is 12.1 Å². The third kappa shape index (κ3) is 3.62. The van der Waals surface area contributed by atoms with Gasteiger partial charge < -0.3 is 0 Å². The van der Waals surface area contributed by atoms with Gasteiger partial charge in [-0.1, -0.05) is 60.7 Å². The average Bonchev–Trinajstić information content (AvgIpc) is 2.74. The Morgan fingerprint density at radius 2 is 1.59 bits per heavy atom. The second kappa shape index (κ2) is 7.63. The molecule has 0 radical (unpaired) electrons. The Kier molecular flexibility index (Phi) is 4.87. The lowest BCUT2D eigenvalue weighted by molar-refractivity contribution is -0.116. The molecule has 0 spiro atoms. The quantitative estimate of drug-likeness (QED) is 0.578. The number of benzene rings is 3. The van der Waals surface area contributed by atoms with Crippen LogP contribution in [0.4, 0.5) is 8.78 Å². The predicted octanol–water partition coefficient (Wildman–Crippen LogP) is 3.65. The molecule has 4 aromatic rings. The number of rotatable bonds is 4. The van der Waals surface area contributed by atoms with Crippen molar-refractivity contribution in [2.75, 3.05) is 5.43 Å². The van der Waals surface area contributed by atoms with E-state index in [-0.39, 0.29) is 5.56 Å². The van der Waals surface area contributed by atoms with E-state index in [1.807, 2.05) is 30.3 Å². The molecular formula is C22H15F2N3O2. The molecule has 7 heteroatoms. The highest BCUT2D eigenvalue weighted by Gasteiger charge is 2.16. The highest BCUT2D eigenvalue weighted by molar-refractivity contribution is 5.94. The van der Waals surface area contributed by atoms with Gasteiger partial charge >= 0.3 is 0 Å². The van der Waals surface area contributed by atoms with Crippen LogP contribution >= 0.6 is 0 Å². The van der Waals surface area contributed by atoms with Crippen LogP contribution in [0.15, 0.2) is 77.6 Å². The summed E-state index contributed by atoms with van der Waals surface area (Å²) in [6.45, 7) is 0. The van der Waals surface area contributed by atoms with Crippen molar-refractivity contribution in [3.63, 3.8) is 0 Å². The van der Waals surface area contributed by atoms with Crippen molar-refractivity contribution in [3.8, 4) is 11.3 Å². The van der Waals surface area contributed by atoms with Crippen molar-refractivity contribution >= 4 is 16.7 Å². The number of carbonyl (C=O) groups is 1. The Bertz CT molecular complexity index is 1270. The van der Waals surface area contributed by atoms with Gasteiger partial charge in [-0.2, -0.15) is 0 Å². The minimum atomic E-state index is -1.09. The summed E-state index contributed by atoms with van der Waals surface area (Å²) in [5, 5.41) is 5.31. The fourth-order valence-electron chi connectivity index (χ4n) is 3.09. The standard InChI is InChI=1S/C22H15F2N3O2/c23-18-12-6-9-15(20(18)24)13-19(28)25-27-22(29)17-11-5-4-10-16(17)21(26-27)14-7-2-1-3-8-14/h1-12H,13H2,(H,25,28). The maximum atomic E-state index is 13.8. The molecule has 4 rings (SSSR count). The first-order chi connectivity index (χ1) is 14.0. The minimum Gasteiger partial charge on any atom is -0.273 e. The molecule has 0 aliphatic heterocycles. The molecule has 1 aromatic heterocycles. The monoisotopic (exact) mass is 391 g/mol. The van der Waals surface area contributed by atoms with E-state index in [2.05, 4.69) is 10.5 Å². The lowest BCUT2D eigenvalue weighted by Gasteiger charge is -2.12. The van der Waals surface area contributed by atoms with Gasteiger partial charge in [0.05, 0.1) is 11.8 Å². The Morgan fingerprint density at radius 3 is 2.34 bits per heavy atom. The van der Waals surface area contributed by atoms with Crippen LogP contribution in [-0.4, -0.2) is 15.8 Å².